The number of halogens is 3. The van der Waals surface area contributed by atoms with E-state index in [1.54, 1.807) is 6.07 Å². The zero-order valence-electron chi connectivity index (χ0n) is 17.7. The Morgan fingerprint density at radius 2 is 1.09 bits per heavy atom. The van der Waals surface area contributed by atoms with Crippen LogP contribution in [0.2, 0.25) is 0 Å². The van der Waals surface area contributed by atoms with E-state index < -0.39 is 88.0 Å². The minimum absolute atomic E-state index is 0.0880. The minimum Gasteiger partial charge on any atom is -0.378 e. The van der Waals surface area contributed by atoms with Crippen molar-refractivity contribution in [1.29, 1.82) is 0 Å². The summed E-state index contributed by atoms with van der Waals surface area (Å²) in [5, 5.41) is 0. The molecule has 2 aromatic carbocycles. The second kappa shape index (κ2) is 12.5. The summed E-state index contributed by atoms with van der Waals surface area (Å²) in [6, 6.07) is 9.47. The van der Waals surface area contributed by atoms with Crippen LogP contribution in [0.3, 0.4) is 0 Å². The van der Waals surface area contributed by atoms with E-state index >= 15 is 0 Å². The van der Waals surface area contributed by atoms with Crippen LogP contribution >= 0.6 is 34.8 Å². The molecule has 0 bridgehead atoms. The van der Waals surface area contributed by atoms with Gasteiger partial charge in [-0.3, -0.25) is 4.79 Å². The lowest BCUT2D eigenvalue weighted by atomic mass is 10.0. The summed E-state index contributed by atoms with van der Waals surface area (Å²) in [5.74, 6) is -6.73. The highest BCUT2D eigenvalue weighted by atomic mass is 35.5. The van der Waals surface area contributed by atoms with Gasteiger partial charge in [0.1, 0.15) is 0 Å². The van der Waals surface area contributed by atoms with Gasteiger partial charge >= 0.3 is 30.4 Å². The summed E-state index contributed by atoms with van der Waals surface area (Å²) in [4.78, 5) is 13.1. The summed E-state index contributed by atoms with van der Waals surface area (Å²) >= 11 is 16.5. The third-order valence-electron chi connectivity index (χ3n) is 3.98. The molecule has 0 aliphatic heterocycles. The summed E-state index contributed by atoms with van der Waals surface area (Å²) in [6.07, 6.45) is 0. The van der Waals surface area contributed by atoms with Crippen molar-refractivity contribution in [3.63, 3.8) is 0 Å². The molecule has 194 valence electrons. The van der Waals surface area contributed by atoms with Crippen LogP contribution in [0, 0.1) is 0 Å². The van der Waals surface area contributed by atoms with Crippen LogP contribution in [-0.2, 0) is 30.4 Å². The summed E-state index contributed by atoms with van der Waals surface area (Å²) in [6.45, 7) is 0. The molecule has 0 fully saturated rings. The smallest absolute Gasteiger partial charge is 0.310 e. The van der Waals surface area contributed by atoms with Gasteiger partial charge in [0.15, 0.2) is 11.5 Å². The summed E-state index contributed by atoms with van der Waals surface area (Å²) in [5.41, 5.74) is -0.363. The Labute approximate surface area is 218 Å². The van der Waals surface area contributed by atoms with Crippen molar-refractivity contribution < 1.29 is 42.6 Å². The first-order valence-corrected chi connectivity index (χ1v) is 15.9. The molecular formula is C19H19Cl3O10S3. The van der Waals surface area contributed by atoms with Gasteiger partial charge in [-0.05, 0) is 12.1 Å². The number of rotatable bonds is 14. The Bertz CT molecular complexity index is 1360. The highest BCUT2D eigenvalue weighted by Crippen LogP contribution is 2.43. The molecule has 0 spiro atoms. The number of carbonyl (C=O) groups is 1. The molecule has 0 heterocycles. The lowest BCUT2D eigenvalue weighted by Crippen LogP contribution is -2.21. The van der Waals surface area contributed by atoms with E-state index in [-0.39, 0.29) is 11.4 Å². The molecule has 0 aliphatic rings. The Kier molecular flexibility index (Phi) is 10.5. The first-order valence-electron chi connectivity index (χ1n) is 9.56. The number of ketones is 1. The van der Waals surface area contributed by atoms with Crippen LogP contribution in [0.4, 0.5) is 0 Å². The van der Waals surface area contributed by atoms with Crippen molar-refractivity contribution in [2.24, 2.45) is 0 Å². The van der Waals surface area contributed by atoms with Crippen molar-refractivity contribution >= 4 is 70.9 Å². The second-order valence-electron chi connectivity index (χ2n) is 6.57. The van der Waals surface area contributed by atoms with E-state index in [9.17, 15) is 30.0 Å². The Balaban J connectivity index is 2.84. The zero-order chi connectivity index (χ0) is 26.3. The first kappa shape index (κ1) is 29.5. The van der Waals surface area contributed by atoms with Crippen molar-refractivity contribution in [2.75, 3.05) is 34.9 Å². The van der Waals surface area contributed by atoms with Crippen molar-refractivity contribution in [3.8, 4) is 17.2 Å². The van der Waals surface area contributed by atoms with Crippen LogP contribution in [0.1, 0.15) is 15.9 Å². The van der Waals surface area contributed by atoms with Crippen molar-refractivity contribution in [2.45, 2.75) is 0 Å². The average Bonchev–Trinajstić information content (AvgIpc) is 2.75. The van der Waals surface area contributed by atoms with Gasteiger partial charge < -0.3 is 12.5 Å². The van der Waals surface area contributed by atoms with E-state index in [2.05, 4.69) is 0 Å². The quantitative estimate of drug-likeness (QED) is 0.178. The van der Waals surface area contributed by atoms with Crippen molar-refractivity contribution in [3.05, 3.63) is 53.6 Å². The number of carbonyl (C=O) groups excluding carboxylic acids is 1. The van der Waals surface area contributed by atoms with Gasteiger partial charge in [0.25, 0.3) is 0 Å². The van der Waals surface area contributed by atoms with Crippen LogP contribution in [0.25, 0.3) is 0 Å². The maximum atomic E-state index is 13.1. The molecule has 2 aromatic rings. The van der Waals surface area contributed by atoms with E-state index in [4.69, 9.17) is 47.4 Å². The standard InChI is InChI=1S/C19H19Cl3O10S3/c20-8-11-33(24,25)30-16-7-6-15(17(23)14-4-2-1-3-5-14)18(31-34(26,27)12-9-21)19(16)32-35(28,29)13-10-22/h1-7H,8-13H2. The molecule has 0 aromatic heterocycles. The summed E-state index contributed by atoms with van der Waals surface area (Å²) < 4.78 is 89.0. The minimum atomic E-state index is -4.52. The van der Waals surface area contributed by atoms with Crippen LogP contribution in [-0.4, -0.2) is 65.9 Å². The normalized spacial score (nSPS) is 12.2. The van der Waals surface area contributed by atoms with Gasteiger partial charge in [-0.15, -0.1) is 34.8 Å². The highest BCUT2D eigenvalue weighted by molar-refractivity contribution is 7.87. The van der Waals surface area contributed by atoms with Gasteiger partial charge in [-0.25, -0.2) is 0 Å². The van der Waals surface area contributed by atoms with Gasteiger partial charge in [-0.1, -0.05) is 30.3 Å². The zero-order valence-corrected chi connectivity index (χ0v) is 22.4. The molecule has 0 radical (unpaired) electrons. The summed E-state index contributed by atoms with van der Waals surface area (Å²) in [7, 11) is -13.4. The molecule has 0 saturated carbocycles. The SMILES string of the molecule is O=C(c1ccccc1)c1ccc(OS(=O)(=O)CCCl)c(OS(=O)(=O)CCCl)c1OS(=O)(=O)CCCl. The fourth-order valence-electron chi connectivity index (χ4n) is 2.49. The van der Waals surface area contributed by atoms with Crippen LogP contribution in [0.5, 0.6) is 17.2 Å². The van der Waals surface area contributed by atoms with Gasteiger partial charge in [0, 0.05) is 23.2 Å². The molecule has 35 heavy (non-hydrogen) atoms. The van der Waals surface area contributed by atoms with E-state index in [1.807, 2.05) is 0 Å². The Morgan fingerprint density at radius 3 is 1.57 bits per heavy atom. The Hall–Kier alpha value is -1.77. The molecule has 0 atom stereocenters. The molecule has 2 rings (SSSR count). The molecule has 10 nitrogen and oxygen atoms in total. The molecule has 16 heteroatoms. The Morgan fingerprint density at radius 1 is 0.629 bits per heavy atom. The van der Waals surface area contributed by atoms with E-state index in [1.165, 1.54) is 24.3 Å². The lowest BCUT2D eigenvalue weighted by Gasteiger charge is -2.18. The van der Waals surface area contributed by atoms with Crippen molar-refractivity contribution in [1.82, 2.24) is 0 Å². The molecule has 0 N–H and O–H groups in total. The van der Waals surface area contributed by atoms with Gasteiger partial charge in [0.05, 0.1) is 22.8 Å². The third-order valence-corrected chi connectivity index (χ3v) is 8.60. The number of hydrogen-bond acceptors (Lipinski definition) is 10. The van der Waals surface area contributed by atoms with E-state index in [0.29, 0.717) is 0 Å². The first-order chi connectivity index (χ1) is 16.3. The van der Waals surface area contributed by atoms with Gasteiger partial charge in [-0.2, -0.15) is 25.3 Å². The molecule has 0 unspecified atom stereocenters. The third kappa shape index (κ3) is 8.69. The molecular weight excluding hydrogens is 591 g/mol. The predicted octanol–water partition coefficient (Wildman–Crippen LogP) is 2.76. The number of hydrogen-bond donors (Lipinski definition) is 0. The van der Waals surface area contributed by atoms with Crippen LogP contribution < -0.4 is 12.5 Å². The maximum absolute atomic E-state index is 13.1. The average molecular weight is 610 g/mol. The van der Waals surface area contributed by atoms with Crippen LogP contribution in [0.15, 0.2) is 42.5 Å². The number of alkyl halides is 3. The maximum Gasteiger partial charge on any atom is 0.310 e. The number of benzene rings is 2. The fourth-order valence-corrected chi connectivity index (χ4v) is 6.25. The fraction of sp³-hybridized carbons (Fsp3) is 0.316. The molecule has 0 aliphatic carbocycles. The molecule has 0 amide bonds. The highest BCUT2D eigenvalue weighted by Gasteiger charge is 2.31. The lowest BCUT2D eigenvalue weighted by molar-refractivity contribution is 0.103. The van der Waals surface area contributed by atoms with Gasteiger partial charge in [0.2, 0.25) is 11.5 Å². The second-order valence-corrected chi connectivity index (χ2v) is 12.8. The monoisotopic (exact) mass is 608 g/mol. The predicted molar refractivity (Wildman–Crippen MR) is 132 cm³/mol. The topological polar surface area (TPSA) is 147 Å². The largest absolute Gasteiger partial charge is 0.378 e. The molecule has 0 saturated heterocycles. The van der Waals surface area contributed by atoms with E-state index in [0.717, 1.165) is 12.1 Å².